The maximum atomic E-state index is 14.5. The lowest BCUT2D eigenvalue weighted by molar-refractivity contribution is -0.134. The number of allylic oxidation sites excluding steroid dienone is 1. The van der Waals surface area contributed by atoms with Crippen LogP contribution in [0.3, 0.4) is 0 Å². The fourth-order valence-electron chi connectivity index (χ4n) is 8.68. The van der Waals surface area contributed by atoms with Gasteiger partial charge < -0.3 is 46.1 Å². The van der Waals surface area contributed by atoms with Crippen molar-refractivity contribution in [1.29, 1.82) is 0 Å². The summed E-state index contributed by atoms with van der Waals surface area (Å²) in [4.78, 5) is 83.9. The number of ketones is 1. The molecule has 0 aromatic heterocycles. The van der Waals surface area contributed by atoms with Crippen molar-refractivity contribution in [2.45, 2.75) is 103 Å². The minimum atomic E-state index is -1.34. The number of carboxylic acid groups (broad SMARTS) is 1. The molecule has 1 fully saturated rings. The number of nitrogens with one attached hydrogen (secondary N) is 4. The molecule has 4 aromatic carbocycles. The first kappa shape index (κ1) is 50.5. The second-order valence-electron chi connectivity index (χ2n) is 19.1. The minimum absolute atomic E-state index is 0.0558. The molecule has 2 heterocycles. The van der Waals surface area contributed by atoms with Gasteiger partial charge in [0.2, 0.25) is 17.7 Å². The number of hydrogen-bond acceptors (Lipinski definition) is 10. The molecular weight excluding hydrogens is 893 g/mol. The number of aliphatic hydroxyl groups is 1. The normalized spacial score (nSPS) is 18.5. The summed E-state index contributed by atoms with van der Waals surface area (Å²) < 4.78 is 11.4. The second-order valence-corrected chi connectivity index (χ2v) is 19.1. The third-order valence-electron chi connectivity index (χ3n) is 12.4. The van der Waals surface area contributed by atoms with Gasteiger partial charge in [0, 0.05) is 34.8 Å². The van der Waals surface area contributed by atoms with E-state index in [0.717, 1.165) is 11.1 Å². The average Bonchev–Trinajstić information content (AvgIpc) is 4.08. The van der Waals surface area contributed by atoms with Crippen molar-refractivity contribution in [2.24, 2.45) is 11.8 Å². The Morgan fingerprint density at radius 1 is 0.714 bits per heavy atom. The highest BCUT2D eigenvalue weighted by molar-refractivity contribution is 6.05. The molecule has 0 radical (unpaired) electrons. The number of fused-ring (bicyclic) bond motifs is 2. The lowest BCUT2D eigenvalue weighted by Gasteiger charge is -2.28. The smallest absolute Gasteiger partial charge is 0.336 e. The summed E-state index contributed by atoms with van der Waals surface area (Å²) in [5.74, 6) is -3.88. The fourth-order valence-corrected chi connectivity index (χ4v) is 8.68. The number of phenols is 1. The molecule has 6 atom stereocenters. The van der Waals surface area contributed by atoms with Gasteiger partial charge in [-0.1, -0.05) is 107 Å². The first-order valence-corrected chi connectivity index (χ1v) is 23.6. The molecule has 2 aliphatic heterocycles. The van der Waals surface area contributed by atoms with E-state index >= 15 is 0 Å². The van der Waals surface area contributed by atoms with Crippen LogP contribution in [0.25, 0.3) is 5.57 Å². The van der Waals surface area contributed by atoms with E-state index in [0.29, 0.717) is 29.6 Å². The summed E-state index contributed by atoms with van der Waals surface area (Å²) in [5.41, 5.74) is 1.96. The molecule has 7 rings (SSSR count). The fraction of sp³-hybridized carbons (Fsp3) is 0.345. The third-order valence-corrected chi connectivity index (χ3v) is 12.4. The Morgan fingerprint density at radius 2 is 1.30 bits per heavy atom. The molecule has 366 valence electrons. The maximum Gasteiger partial charge on any atom is 0.336 e. The number of carbonyl (C=O) groups excluding carboxylic acids is 5. The van der Waals surface area contributed by atoms with Crippen LogP contribution in [0.5, 0.6) is 11.5 Å². The number of carboxylic acids is 1. The molecule has 3 aliphatic rings. The maximum absolute atomic E-state index is 14.5. The van der Waals surface area contributed by atoms with Crippen LogP contribution in [0.15, 0.2) is 127 Å². The van der Waals surface area contributed by atoms with E-state index < -0.39 is 65.5 Å². The van der Waals surface area contributed by atoms with Crippen molar-refractivity contribution in [3.8, 4) is 11.5 Å². The lowest BCUT2D eigenvalue weighted by atomic mass is 9.84. The summed E-state index contributed by atoms with van der Waals surface area (Å²) in [6.45, 7) is 9.58. The molecule has 1 aliphatic carbocycles. The van der Waals surface area contributed by atoms with Gasteiger partial charge in [0.25, 0.3) is 5.91 Å². The number of benzene rings is 4. The number of hydrogen-bond donors (Lipinski definition) is 7. The molecule has 1 saturated heterocycles. The Kier molecular flexibility index (Phi) is 15.8. The summed E-state index contributed by atoms with van der Waals surface area (Å²) in [6.07, 6.45) is 4.69. The van der Waals surface area contributed by atoms with E-state index in [4.69, 9.17) is 9.47 Å². The minimum Gasteiger partial charge on any atom is -0.508 e. The molecule has 0 saturated carbocycles. The van der Waals surface area contributed by atoms with Gasteiger partial charge in [0.15, 0.2) is 5.78 Å². The van der Waals surface area contributed by atoms with E-state index in [2.05, 4.69) is 21.3 Å². The SMILES string of the molecule is CC(C)C[C@H](NC(=O)[C@H](CCc1ccccc1)NC(=O)c1ccc(C2=C3C=CC(O)C=C3Oc3cc(O)ccc32)c(C(=O)O)c1)C(=O)N[C@@H](Cc1ccccc1)C(=O)N[C@@H](CC(C)C)C(=O)[C@@]1(C)CO1. The highest BCUT2D eigenvalue weighted by atomic mass is 16.6. The lowest BCUT2D eigenvalue weighted by Crippen LogP contribution is -2.59. The highest BCUT2D eigenvalue weighted by Gasteiger charge is 2.50. The van der Waals surface area contributed by atoms with Crippen LogP contribution in [0.4, 0.5) is 0 Å². The van der Waals surface area contributed by atoms with E-state index in [-0.39, 0.29) is 77.4 Å². The number of aromatic carboxylic acids is 1. The zero-order chi connectivity index (χ0) is 50.3. The van der Waals surface area contributed by atoms with Gasteiger partial charge in [-0.15, -0.1) is 0 Å². The number of carbonyl (C=O) groups is 6. The van der Waals surface area contributed by atoms with Crippen molar-refractivity contribution >= 4 is 41.0 Å². The zero-order valence-electron chi connectivity index (χ0n) is 39.9. The summed E-state index contributed by atoms with van der Waals surface area (Å²) in [5, 5.41) is 42.6. The molecule has 1 unspecified atom stereocenters. The Morgan fingerprint density at radius 3 is 1.94 bits per heavy atom. The van der Waals surface area contributed by atoms with Crippen LogP contribution in [0.2, 0.25) is 0 Å². The van der Waals surface area contributed by atoms with Crippen molar-refractivity contribution in [1.82, 2.24) is 21.3 Å². The Hall–Kier alpha value is -7.36. The molecular formula is C55H60N4O11. The van der Waals surface area contributed by atoms with Crippen LogP contribution in [0, 0.1) is 11.8 Å². The zero-order valence-corrected chi connectivity index (χ0v) is 39.9. The van der Waals surface area contributed by atoms with Crippen LogP contribution < -0.4 is 26.0 Å². The van der Waals surface area contributed by atoms with Gasteiger partial charge in [0.1, 0.15) is 41.0 Å². The topological polar surface area (TPSA) is 233 Å². The van der Waals surface area contributed by atoms with Gasteiger partial charge in [-0.05, 0) is 91.5 Å². The summed E-state index contributed by atoms with van der Waals surface area (Å²) in [6, 6.07) is 22.6. The first-order valence-electron chi connectivity index (χ1n) is 23.6. The molecule has 15 heteroatoms. The molecule has 15 nitrogen and oxygen atoms in total. The van der Waals surface area contributed by atoms with E-state index in [1.165, 1.54) is 42.5 Å². The molecule has 70 heavy (non-hydrogen) atoms. The average molecular weight is 953 g/mol. The molecule has 4 amide bonds. The van der Waals surface area contributed by atoms with Crippen molar-refractivity contribution in [3.63, 3.8) is 0 Å². The number of phenolic OH excluding ortho intramolecular Hbond substituents is 1. The van der Waals surface area contributed by atoms with Crippen molar-refractivity contribution in [3.05, 3.63) is 160 Å². The predicted molar refractivity (Wildman–Crippen MR) is 262 cm³/mol. The Labute approximate surface area is 407 Å². The quantitative estimate of drug-likeness (QED) is 0.0481. The van der Waals surface area contributed by atoms with Gasteiger partial charge in [-0.2, -0.15) is 0 Å². The van der Waals surface area contributed by atoms with E-state index in [1.807, 2.05) is 88.4 Å². The number of ether oxygens (including phenoxy) is 2. The van der Waals surface area contributed by atoms with Gasteiger partial charge in [0.05, 0.1) is 24.3 Å². The van der Waals surface area contributed by atoms with Gasteiger partial charge in [-0.25, -0.2) is 4.79 Å². The monoisotopic (exact) mass is 952 g/mol. The van der Waals surface area contributed by atoms with Crippen LogP contribution in [-0.4, -0.2) is 93.2 Å². The standard InChI is InChI=1S/C55H60N4O11/c1-31(2)24-43(49(62)55(5)30-69-55)57-53(66)45(26-34-14-10-7-11-15-34)59-52(65)44(25-32(3)4)58-51(64)42(23-16-33-12-8-6-9-13-33)56-50(63)35-17-20-38(41(27-35)54(67)68)48-39-21-18-36(60)28-46(39)70-47-29-37(61)19-22-40(47)48/h6-15,17-22,27-29,31-32,36,42-45,60-61H,16,23-26,30H2,1-5H3,(H,56,63)(H,57,66)(H,58,64)(H,59,65)(H,67,68)/t36?,42-,43-,44-,45-,55+/m0/s1. The third kappa shape index (κ3) is 12.4. The first-order chi connectivity index (χ1) is 33.4. The van der Waals surface area contributed by atoms with Crippen LogP contribution in [0.1, 0.15) is 96.9 Å². The Balaban J connectivity index is 1.15. The number of amides is 4. The molecule has 4 aromatic rings. The number of aryl methyl sites for hydroxylation is 1. The number of rotatable bonds is 21. The van der Waals surface area contributed by atoms with Gasteiger partial charge in [-0.3, -0.25) is 24.0 Å². The second kappa shape index (κ2) is 21.9. The van der Waals surface area contributed by atoms with Crippen molar-refractivity contribution < 1.29 is 53.6 Å². The Bertz CT molecular complexity index is 2720. The molecule has 7 N–H and O–H groups in total. The number of aromatic hydroxyl groups is 1. The number of aliphatic hydroxyl groups excluding tert-OH is 1. The largest absolute Gasteiger partial charge is 0.508 e. The van der Waals surface area contributed by atoms with E-state index in [9.17, 15) is 44.1 Å². The predicted octanol–water partition coefficient (Wildman–Crippen LogP) is 5.98. The summed E-state index contributed by atoms with van der Waals surface area (Å²) in [7, 11) is 0. The highest BCUT2D eigenvalue weighted by Crippen LogP contribution is 2.45. The van der Waals surface area contributed by atoms with Crippen LogP contribution in [-0.2, 0) is 36.8 Å². The van der Waals surface area contributed by atoms with Crippen LogP contribution >= 0.6 is 0 Å². The molecule has 0 bridgehead atoms. The molecule has 0 spiro atoms. The number of epoxide rings is 1. The number of Topliss-reactive ketones (excluding diaryl/α,β-unsaturated/α-hetero) is 1. The van der Waals surface area contributed by atoms with Crippen molar-refractivity contribution in [2.75, 3.05) is 6.61 Å². The van der Waals surface area contributed by atoms with E-state index in [1.54, 1.807) is 19.1 Å². The summed E-state index contributed by atoms with van der Waals surface area (Å²) >= 11 is 0. The van der Waals surface area contributed by atoms with Gasteiger partial charge >= 0.3 is 5.97 Å².